The van der Waals surface area contributed by atoms with Crippen LogP contribution in [0.4, 0.5) is 5.69 Å². The van der Waals surface area contributed by atoms with Crippen LogP contribution >= 0.6 is 12.2 Å². The van der Waals surface area contributed by atoms with Crippen LogP contribution in [-0.2, 0) is 11.3 Å². The highest BCUT2D eigenvalue weighted by atomic mass is 32.1. The lowest BCUT2D eigenvalue weighted by atomic mass is 10.2. The summed E-state index contributed by atoms with van der Waals surface area (Å²) in [5, 5.41) is 8.44. The van der Waals surface area contributed by atoms with Crippen molar-refractivity contribution in [1.82, 2.24) is 10.6 Å². The fourth-order valence-electron chi connectivity index (χ4n) is 2.89. The van der Waals surface area contributed by atoms with E-state index in [-0.39, 0.29) is 17.6 Å². The molecule has 0 radical (unpaired) electrons. The Morgan fingerprint density at radius 1 is 1.00 bits per heavy atom. The first-order chi connectivity index (χ1) is 16.1. The molecule has 8 nitrogen and oxygen atoms in total. The molecule has 0 bridgehead atoms. The van der Waals surface area contributed by atoms with Crippen molar-refractivity contribution < 1.29 is 23.5 Å². The third-order valence-electron chi connectivity index (χ3n) is 4.43. The molecule has 0 aliphatic heterocycles. The van der Waals surface area contributed by atoms with Gasteiger partial charge in [-0.2, -0.15) is 0 Å². The first-order valence-electron chi connectivity index (χ1n) is 10.4. The predicted molar refractivity (Wildman–Crippen MR) is 128 cm³/mol. The normalized spacial score (nSPS) is 10.3. The summed E-state index contributed by atoms with van der Waals surface area (Å²) in [7, 11) is 0. The standard InChI is InChI=1S/C24H25N3O5S/c1-2-30-13-14-32-21-11-4-3-10-20(21)23(29)27-24(33)26-18-8-5-7-17(15-18)22(28)25-16-19-9-6-12-31-19/h3-12,15H,2,13-14,16H2,1H3,(H,25,28)(H2,26,27,29,33). The molecule has 2 amide bonds. The van der Waals surface area contributed by atoms with Crippen molar-refractivity contribution in [2.24, 2.45) is 0 Å². The molecule has 3 rings (SSSR count). The largest absolute Gasteiger partial charge is 0.490 e. The summed E-state index contributed by atoms with van der Waals surface area (Å²) >= 11 is 5.27. The third-order valence-corrected chi connectivity index (χ3v) is 4.64. The molecule has 0 atom stereocenters. The topological polar surface area (TPSA) is 102 Å². The zero-order valence-corrected chi connectivity index (χ0v) is 18.9. The molecule has 3 aromatic rings. The smallest absolute Gasteiger partial charge is 0.261 e. The van der Waals surface area contributed by atoms with Crippen LogP contribution in [0.15, 0.2) is 71.3 Å². The number of furan rings is 1. The Labute approximate surface area is 197 Å². The van der Waals surface area contributed by atoms with Crippen LogP contribution in [0.5, 0.6) is 5.75 Å². The SMILES string of the molecule is CCOCCOc1ccccc1C(=O)NC(=S)Nc1cccc(C(=O)NCc2ccco2)c1. The predicted octanol–water partition coefficient (Wildman–Crippen LogP) is 3.75. The van der Waals surface area contributed by atoms with Gasteiger partial charge in [0.15, 0.2) is 5.11 Å². The molecule has 2 aromatic carbocycles. The number of anilines is 1. The third kappa shape index (κ3) is 7.44. The number of para-hydroxylation sites is 1. The van der Waals surface area contributed by atoms with E-state index in [0.29, 0.717) is 48.1 Å². The van der Waals surface area contributed by atoms with Gasteiger partial charge in [-0.05, 0) is 61.6 Å². The monoisotopic (exact) mass is 467 g/mol. The highest BCUT2D eigenvalue weighted by Crippen LogP contribution is 2.18. The molecule has 0 spiro atoms. The van der Waals surface area contributed by atoms with Gasteiger partial charge < -0.3 is 24.5 Å². The Hall–Kier alpha value is -3.69. The number of rotatable bonds is 10. The maximum atomic E-state index is 12.7. The van der Waals surface area contributed by atoms with E-state index in [2.05, 4.69) is 16.0 Å². The lowest BCUT2D eigenvalue weighted by Gasteiger charge is -2.13. The van der Waals surface area contributed by atoms with Gasteiger partial charge in [0.25, 0.3) is 11.8 Å². The number of ether oxygens (including phenoxy) is 2. The number of amides is 2. The number of hydrogen-bond acceptors (Lipinski definition) is 6. The first-order valence-corrected chi connectivity index (χ1v) is 10.8. The molecule has 0 unspecified atom stereocenters. The molecule has 0 aliphatic rings. The number of carbonyl (C=O) groups is 2. The Morgan fingerprint density at radius 2 is 1.85 bits per heavy atom. The van der Waals surface area contributed by atoms with Crippen molar-refractivity contribution in [3.05, 3.63) is 83.8 Å². The van der Waals surface area contributed by atoms with Gasteiger partial charge in [0.05, 0.1) is 25.0 Å². The van der Waals surface area contributed by atoms with E-state index in [1.54, 1.807) is 66.9 Å². The van der Waals surface area contributed by atoms with Gasteiger partial charge in [0, 0.05) is 17.9 Å². The molecule has 33 heavy (non-hydrogen) atoms. The van der Waals surface area contributed by atoms with Crippen LogP contribution in [0, 0.1) is 0 Å². The molecule has 1 aromatic heterocycles. The van der Waals surface area contributed by atoms with Gasteiger partial charge in [-0.25, -0.2) is 0 Å². The number of nitrogens with one attached hydrogen (secondary N) is 3. The molecule has 172 valence electrons. The van der Waals surface area contributed by atoms with Crippen LogP contribution < -0.4 is 20.7 Å². The van der Waals surface area contributed by atoms with Gasteiger partial charge >= 0.3 is 0 Å². The van der Waals surface area contributed by atoms with Crippen LogP contribution in [0.2, 0.25) is 0 Å². The summed E-state index contributed by atoms with van der Waals surface area (Å²) in [6.07, 6.45) is 1.55. The molecule has 0 fully saturated rings. The summed E-state index contributed by atoms with van der Waals surface area (Å²) in [5.41, 5.74) is 1.35. The average molecular weight is 468 g/mol. The van der Waals surface area contributed by atoms with E-state index in [4.69, 9.17) is 26.1 Å². The van der Waals surface area contributed by atoms with Gasteiger partial charge in [-0.15, -0.1) is 0 Å². The molecule has 9 heteroatoms. The van der Waals surface area contributed by atoms with Crippen molar-refractivity contribution in [1.29, 1.82) is 0 Å². The van der Waals surface area contributed by atoms with Crippen molar-refractivity contribution in [2.75, 3.05) is 25.1 Å². The molecule has 1 heterocycles. The summed E-state index contributed by atoms with van der Waals surface area (Å²) in [6.45, 7) is 3.54. The van der Waals surface area contributed by atoms with Crippen LogP contribution in [0.25, 0.3) is 0 Å². The molecule has 3 N–H and O–H groups in total. The van der Waals surface area contributed by atoms with Gasteiger partial charge in [-0.1, -0.05) is 18.2 Å². The molecule has 0 saturated carbocycles. The number of benzene rings is 2. The van der Waals surface area contributed by atoms with Crippen molar-refractivity contribution in [3.63, 3.8) is 0 Å². The van der Waals surface area contributed by atoms with Crippen LogP contribution in [0.3, 0.4) is 0 Å². The van der Waals surface area contributed by atoms with Crippen LogP contribution in [-0.4, -0.2) is 36.7 Å². The summed E-state index contributed by atoms with van der Waals surface area (Å²) in [4.78, 5) is 25.1. The highest BCUT2D eigenvalue weighted by molar-refractivity contribution is 7.80. The number of thiocarbonyl (C=S) groups is 1. The Bertz CT molecular complexity index is 1090. The Balaban J connectivity index is 1.56. The first kappa shape index (κ1) is 24.0. The maximum absolute atomic E-state index is 12.7. The fraction of sp³-hybridized carbons (Fsp3) is 0.208. The minimum atomic E-state index is -0.410. The lowest BCUT2D eigenvalue weighted by molar-refractivity contribution is 0.0944. The highest BCUT2D eigenvalue weighted by Gasteiger charge is 2.14. The van der Waals surface area contributed by atoms with Crippen LogP contribution in [0.1, 0.15) is 33.4 Å². The summed E-state index contributed by atoms with van der Waals surface area (Å²) < 4.78 is 16.1. The second-order valence-corrected chi connectivity index (χ2v) is 7.20. The molecular formula is C24H25N3O5S. The van der Waals surface area contributed by atoms with E-state index in [0.717, 1.165) is 0 Å². The zero-order chi connectivity index (χ0) is 23.5. The van der Waals surface area contributed by atoms with E-state index in [1.165, 1.54) is 0 Å². The number of carbonyl (C=O) groups excluding carboxylic acids is 2. The van der Waals surface area contributed by atoms with Gasteiger partial charge in [0.1, 0.15) is 18.1 Å². The van der Waals surface area contributed by atoms with Crippen molar-refractivity contribution >= 4 is 34.8 Å². The van der Waals surface area contributed by atoms with Crippen molar-refractivity contribution in [3.8, 4) is 5.75 Å². The Morgan fingerprint density at radius 3 is 2.64 bits per heavy atom. The van der Waals surface area contributed by atoms with E-state index >= 15 is 0 Å². The second-order valence-electron chi connectivity index (χ2n) is 6.79. The van der Waals surface area contributed by atoms with Gasteiger partial charge in [0.2, 0.25) is 0 Å². The second kappa shape index (κ2) is 12.4. The minimum absolute atomic E-state index is 0.0947. The zero-order valence-electron chi connectivity index (χ0n) is 18.1. The quantitative estimate of drug-likeness (QED) is 0.308. The fourth-order valence-corrected chi connectivity index (χ4v) is 3.10. The summed E-state index contributed by atoms with van der Waals surface area (Å²) in [5.74, 6) is 0.423. The summed E-state index contributed by atoms with van der Waals surface area (Å²) in [6, 6.07) is 17.2. The molecule has 0 aliphatic carbocycles. The van der Waals surface area contributed by atoms with Gasteiger partial charge in [-0.3, -0.25) is 14.9 Å². The molecular weight excluding hydrogens is 442 g/mol. The Kier molecular flexibility index (Phi) is 8.98. The van der Waals surface area contributed by atoms with Crippen molar-refractivity contribution in [2.45, 2.75) is 13.5 Å². The molecule has 0 saturated heterocycles. The lowest BCUT2D eigenvalue weighted by Crippen LogP contribution is -2.34. The van der Waals surface area contributed by atoms with E-state index in [9.17, 15) is 9.59 Å². The average Bonchev–Trinajstić information content (AvgIpc) is 3.34. The van der Waals surface area contributed by atoms with E-state index < -0.39 is 5.91 Å². The number of hydrogen-bond donors (Lipinski definition) is 3. The minimum Gasteiger partial charge on any atom is -0.490 e. The maximum Gasteiger partial charge on any atom is 0.261 e. The van der Waals surface area contributed by atoms with E-state index in [1.807, 2.05) is 6.92 Å².